The molecule has 2 heterocycles. The van der Waals surface area contributed by atoms with Gasteiger partial charge in [-0.3, -0.25) is 4.79 Å². The number of hydrogen-bond acceptors (Lipinski definition) is 3. The first-order valence-corrected chi connectivity index (χ1v) is 6.26. The molecule has 0 spiro atoms. The number of rotatable bonds is 2. The average Bonchev–Trinajstić information content (AvgIpc) is 2.27. The monoisotopic (exact) mass is 225 g/mol. The van der Waals surface area contributed by atoms with E-state index in [0.29, 0.717) is 12.0 Å². The van der Waals surface area contributed by atoms with E-state index < -0.39 is 0 Å². The third kappa shape index (κ3) is 2.74. The van der Waals surface area contributed by atoms with Crippen molar-refractivity contribution in [3.63, 3.8) is 0 Å². The molecule has 4 heteroatoms. The molecule has 2 fully saturated rings. The molecule has 0 aromatic carbocycles. The van der Waals surface area contributed by atoms with Gasteiger partial charge >= 0.3 is 0 Å². The van der Waals surface area contributed by atoms with Gasteiger partial charge in [-0.1, -0.05) is 6.92 Å². The SMILES string of the molecule is CN1CCC(C)(CN2CCNCC2=O)CC1. The topological polar surface area (TPSA) is 35.6 Å². The zero-order valence-corrected chi connectivity index (χ0v) is 10.5. The molecule has 2 aliphatic rings. The summed E-state index contributed by atoms with van der Waals surface area (Å²) in [5.74, 6) is 0.270. The van der Waals surface area contributed by atoms with Crippen LogP contribution in [-0.2, 0) is 4.79 Å². The van der Waals surface area contributed by atoms with Crippen LogP contribution in [0.4, 0.5) is 0 Å². The van der Waals surface area contributed by atoms with Crippen molar-refractivity contribution in [1.82, 2.24) is 15.1 Å². The first kappa shape index (κ1) is 11.9. The molecule has 0 atom stereocenters. The Morgan fingerprint density at radius 1 is 1.31 bits per heavy atom. The molecule has 0 radical (unpaired) electrons. The Kier molecular flexibility index (Phi) is 3.50. The van der Waals surface area contributed by atoms with E-state index in [4.69, 9.17) is 0 Å². The van der Waals surface area contributed by atoms with Gasteiger partial charge in [0.25, 0.3) is 0 Å². The van der Waals surface area contributed by atoms with E-state index in [1.54, 1.807) is 0 Å². The van der Waals surface area contributed by atoms with Crippen LogP contribution < -0.4 is 5.32 Å². The molecule has 2 aliphatic heterocycles. The van der Waals surface area contributed by atoms with Gasteiger partial charge in [0.05, 0.1) is 6.54 Å². The third-order valence-electron chi connectivity index (χ3n) is 3.95. The predicted molar refractivity (Wildman–Crippen MR) is 64.3 cm³/mol. The Morgan fingerprint density at radius 2 is 2.00 bits per heavy atom. The van der Waals surface area contributed by atoms with E-state index in [2.05, 4.69) is 24.2 Å². The molecule has 0 unspecified atom stereocenters. The van der Waals surface area contributed by atoms with Crippen LogP contribution in [0.3, 0.4) is 0 Å². The molecule has 0 saturated carbocycles. The Balaban J connectivity index is 1.90. The molecule has 1 amide bonds. The van der Waals surface area contributed by atoms with Crippen molar-refractivity contribution in [2.24, 2.45) is 5.41 Å². The normalized spacial score (nSPS) is 27.1. The molecule has 2 saturated heterocycles. The number of likely N-dealkylation sites (tertiary alicyclic amines) is 1. The highest BCUT2D eigenvalue weighted by Crippen LogP contribution is 2.31. The van der Waals surface area contributed by atoms with Gasteiger partial charge in [-0.15, -0.1) is 0 Å². The van der Waals surface area contributed by atoms with E-state index in [1.807, 2.05) is 4.90 Å². The smallest absolute Gasteiger partial charge is 0.236 e. The minimum atomic E-state index is 0.270. The molecule has 0 aromatic rings. The van der Waals surface area contributed by atoms with Gasteiger partial charge < -0.3 is 15.1 Å². The lowest BCUT2D eigenvalue weighted by Crippen LogP contribution is -2.52. The number of carbonyl (C=O) groups excluding carboxylic acids is 1. The van der Waals surface area contributed by atoms with Crippen LogP contribution in [0.1, 0.15) is 19.8 Å². The van der Waals surface area contributed by atoms with Crippen LogP contribution >= 0.6 is 0 Å². The average molecular weight is 225 g/mol. The highest BCUT2D eigenvalue weighted by atomic mass is 16.2. The van der Waals surface area contributed by atoms with Crippen LogP contribution in [0.15, 0.2) is 0 Å². The van der Waals surface area contributed by atoms with Crippen LogP contribution in [0.5, 0.6) is 0 Å². The van der Waals surface area contributed by atoms with Gasteiger partial charge in [0.15, 0.2) is 0 Å². The van der Waals surface area contributed by atoms with Crippen molar-refractivity contribution < 1.29 is 4.79 Å². The van der Waals surface area contributed by atoms with Gasteiger partial charge in [-0.05, 0) is 38.4 Å². The molecule has 0 aliphatic carbocycles. The summed E-state index contributed by atoms with van der Waals surface area (Å²) in [6, 6.07) is 0. The summed E-state index contributed by atoms with van der Waals surface area (Å²) in [5.41, 5.74) is 0.333. The predicted octanol–water partition coefficient (Wildman–Crippen LogP) is 0.150. The second-order valence-corrected chi connectivity index (χ2v) is 5.61. The van der Waals surface area contributed by atoms with Crippen molar-refractivity contribution in [3.8, 4) is 0 Å². The molecular formula is C12H23N3O. The fraction of sp³-hybridized carbons (Fsp3) is 0.917. The van der Waals surface area contributed by atoms with Crippen LogP contribution in [0.25, 0.3) is 0 Å². The van der Waals surface area contributed by atoms with Crippen molar-refractivity contribution >= 4 is 5.91 Å². The molecule has 4 nitrogen and oxygen atoms in total. The van der Waals surface area contributed by atoms with Crippen molar-refractivity contribution in [2.75, 3.05) is 46.3 Å². The Morgan fingerprint density at radius 3 is 2.62 bits per heavy atom. The second-order valence-electron chi connectivity index (χ2n) is 5.61. The fourth-order valence-corrected chi connectivity index (χ4v) is 2.59. The summed E-state index contributed by atoms with van der Waals surface area (Å²) in [6.07, 6.45) is 2.42. The molecule has 16 heavy (non-hydrogen) atoms. The Hall–Kier alpha value is -0.610. The van der Waals surface area contributed by atoms with Crippen LogP contribution in [0, 0.1) is 5.41 Å². The molecule has 1 N–H and O–H groups in total. The summed E-state index contributed by atoms with van der Waals surface area (Å²) in [6.45, 7) is 7.95. The standard InChI is InChI=1S/C12H23N3O/c1-12(3-6-14(2)7-4-12)10-15-8-5-13-9-11(15)16/h13H,3-10H2,1-2H3. The maximum absolute atomic E-state index is 11.7. The van der Waals surface area contributed by atoms with Gasteiger partial charge in [-0.2, -0.15) is 0 Å². The number of hydrogen-bond donors (Lipinski definition) is 1. The molecular weight excluding hydrogens is 202 g/mol. The van der Waals surface area contributed by atoms with Gasteiger partial charge in [0.1, 0.15) is 0 Å². The molecule has 0 bridgehead atoms. The van der Waals surface area contributed by atoms with Crippen molar-refractivity contribution in [2.45, 2.75) is 19.8 Å². The molecule has 0 aromatic heterocycles. The fourth-order valence-electron chi connectivity index (χ4n) is 2.59. The van der Waals surface area contributed by atoms with Crippen LogP contribution in [-0.4, -0.2) is 62.0 Å². The number of piperidine rings is 1. The van der Waals surface area contributed by atoms with E-state index >= 15 is 0 Å². The minimum absolute atomic E-state index is 0.270. The van der Waals surface area contributed by atoms with E-state index in [9.17, 15) is 4.79 Å². The number of nitrogens with one attached hydrogen (secondary N) is 1. The Labute approximate surface area is 98.0 Å². The number of carbonyl (C=O) groups is 1. The van der Waals surface area contributed by atoms with Crippen molar-refractivity contribution in [3.05, 3.63) is 0 Å². The van der Waals surface area contributed by atoms with E-state index in [1.165, 1.54) is 12.8 Å². The lowest BCUT2D eigenvalue weighted by molar-refractivity contribution is -0.134. The molecule has 92 valence electrons. The lowest BCUT2D eigenvalue weighted by Gasteiger charge is -2.42. The van der Waals surface area contributed by atoms with Gasteiger partial charge in [-0.25, -0.2) is 0 Å². The Bertz CT molecular complexity index is 259. The van der Waals surface area contributed by atoms with Gasteiger partial charge in [0.2, 0.25) is 5.91 Å². The maximum atomic E-state index is 11.7. The summed E-state index contributed by atoms with van der Waals surface area (Å²) in [7, 11) is 2.18. The van der Waals surface area contributed by atoms with E-state index in [0.717, 1.165) is 32.7 Å². The molecule has 2 rings (SSSR count). The number of nitrogens with zero attached hydrogens (tertiary/aromatic N) is 2. The number of piperazine rings is 1. The summed E-state index contributed by atoms with van der Waals surface area (Å²) in [4.78, 5) is 16.1. The summed E-state index contributed by atoms with van der Waals surface area (Å²) >= 11 is 0. The third-order valence-corrected chi connectivity index (χ3v) is 3.95. The largest absolute Gasteiger partial charge is 0.340 e. The zero-order chi connectivity index (χ0) is 11.6. The highest BCUT2D eigenvalue weighted by Gasteiger charge is 2.32. The van der Waals surface area contributed by atoms with Crippen molar-refractivity contribution in [1.29, 1.82) is 0 Å². The summed E-state index contributed by atoms with van der Waals surface area (Å²) < 4.78 is 0. The van der Waals surface area contributed by atoms with Gasteiger partial charge in [0, 0.05) is 19.6 Å². The number of amides is 1. The second kappa shape index (κ2) is 4.72. The maximum Gasteiger partial charge on any atom is 0.236 e. The first-order chi connectivity index (χ1) is 7.59. The minimum Gasteiger partial charge on any atom is -0.340 e. The quantitative estimate of drug-likeness (QED) is 0.726. The summed E-state index contributed by atoms with van der Waals surface area (Å²) in [5, 5.41) is 3.12. The van der Waals surface area contributed by atoms with Crippen LogP contribution in [0.2, 0.25) is 0 Å². The van der Waals surface area contributed by atoms with E-state index in [-0.39, 0.29) is 5.91 Å². The highest BCUT2D eigenvalue weighted by molar-refractivity contribution is 5.79. The first-order valence-electron chi connectivity index (χ1n) is 6.26. The lowest BCUT2D eigenvalue weighted by atomic mass is 9.80. The zero-order valence-electron chi connectivity index (χ0n) is 10.5.